The number of hydrogen-bond acceptors (Lipinski definition) is 3. The van der Waals surface area contributed by atoms with Gasteiger partial charge in [0.15, 0.2) is 6.61 Å². The fraction of sp³-hybridized carbons (Fsp3) is 0.556. The first-order valence-corrected chi connectivity index (χ1v) is 8.20. The standard InChI is InChI=1S/C18H26N2O3/c1-14(2)12-17(21)19-8-10-20(11-9-19)18(22)13-23-16-6-4-15(3)5-7-16/h4-7,14H,8-13H2,1-3H3. The summed E-state index contributed by atoms with van der Waals surface area (Å²) in [6.45, 7) is 8.53. The van der Waals surface area contributed by atoms with Crippen LogP contribution in [0.2, 0.25) is 0 Å². The van der Waals surface area contributed by atoms with Crippen molar-refractivity contribution in [3.63, 3.8) is 0 Å². The summed E-state index contributed by atoms with van der Waals surface area (Å²) in [5.74, 6) is 1.23. The smallest absolute Gasteiger partial charge is 0.260 e. The van der Waals surface area contributed by atoms with Crippen LogP contribution in [-0.4, -0.2) is 54.4 Å². The lowest BCUT2D eigenvalue weighted by atomic mass is 10.1. The van der Waals surface area contributed by atoms with Crippen LogP contribution in [0.25, 0.3) is 0 Å². The first-order chi connectivity index (χ1) is 11.0. The average Bonchev–Trinajstić information content (AvgIpc) is 2.53. The summed E-state index contributed by atoms with van der Waals surface area (Å²) in [7, 11) is 0. The van der Waals surface area contributed by atoms with Gasteiger partial charge in [0.05, 0.1) is 0 Å². The molecular formula is C18H26N2O3. The van der Waals surface area contributed by atoms with E-state index in [1.807, 2.05) is 49.9 Å². The highest BCUT2D eigenvalue weighted by Gasteiger charge is 2.24. The lowest BCUT2D eigenvalue weighted by molar-refractivity contribution is -0.141. The number of piperazine rings is 1. The normalized spacial score (nSPS) is 15.0. The number of carbonyl (C=O) groups excluding carboxylic acids is 2. The molecule has 5 nitrogen and oxygen atoms in total. The minimum atomic E-state index is -0.0264. The van der Waals surface area contributed by atoms with Crippen LogP contribution in [0, 0.1) is 12.8 Å². The summed E-state index contributed by atoms with van der Waals surface area (Å²) < 4.78 is 5.53. The summed E-state index contributed by atoms with van der Waals surface area (Å²) in [5.41, 5.74) is 1.16. The predicted octanol–water partition coefficient (Wildman–Crippen LogP) is 2.09. The van der Waals surface area contributed by atoms with Gasteiger partial charge in [-0.3, -0.25) is 9.59 Å². The Morgan fingerprint density at radius 3 is 2.04 bits per heavy atom. The van der Waals surface area contributed by atoms with Crippen molar-refractivity contribution in [2.45, 2.75) is 27.2 Å². The van der Waals surface area contributed by atoms with E-state index in [2.05, 4.69) is 0 Å². The molecule has 1 fully saturated rings. The van der Waals surface area contributed by atoms with Crippen molar-refractivity contribution in [2.24, 2.45) is 5.92 Å². The van der Waals surface area contributed by atoms with Crippen LogP contribution in [0.3, 0.4) is 0 Å². The van der Waals surface area contributed by atoms with Crippen molar-refractivity contribution in [1.82, 2.24) is 9.80 Å². The number of aryl methyl sites for hydroxylation is 1. The molecule has 0 N–H and O–H groups in total. The first kappa shape index (κ1) is 17.3. The van der Waals surface area contributed by atoms with E-state index in [1.54, 1.807) is 4.90 Å². The van der Waals surface area contributed by atoms with E-state index in [9.17, 15) is 9.59 Å². The number of rotatable bonds is 5. The number of benzene rings is 1. The van der Waals surface area contributed by atoms with Crippen LogP contribution < -0.4 is 4.74 Å². The highest BCUT2D eigenvalue weighted by Crippen LogP contribution is 2.12. The maximum absolute atomic E-state index is 12.2. The zero-order valence-electron chi connectivity index (χ0n) is 14.2. The molecule has 1 aliphatic rings. The van der Waals surface area contributed by atoms with Crippen LogP contribution in [0.5, 0.6) is 5.75 Å². The minimum absolute atomic E-state index is 0.0264. The van der Waals surface area contributed by atoms with Crippen LogP contribution in [0.4, 0.5) is 0 Å². The molecule has 2 amide bonds. The number of nitrogens with zero attached hydrogens (tertiary/aromatic N) is 2. The second-order valence-corrected chi connectivity index (χ2v) is 6.46. The van der Waals surface area contributed by atoms with Gasteiger partial charge in [0.2, 0.25) is 5.91 Å². The molecule has 1 aliphatic heterocycles. The summed E-state index contributed by atoms with van der Waals surface area (Å²) in [6.07, 6.45) is 0.574. The zero-order valence-corrected chi connectivity index (χ0v) is 14.2. The van der Waals surface area contributed by atoms with Crippen LogP contribution in [0.15, 0.2) is 24.3 Å². The van der Waals surface area contributed by atoms with Crippen LogP contribution >= 0.6 is 0 Å². The van der Waals surface area contributed by atoms with Gasteiger partial charge in [-0.2, -0.15) is 0 Å². The molecule has 126 valence electrons. The van der Waals surface area contributed by atoms with Crippen molar-refractivity contribution < 1.29 is 14.3 Å². The Kier molecular flexibility index (Phi) is 6.02. The van der Waals surface area contributed by atoms with Crippen molar-refractivity contribution in [1.29, 1.82) is 0 Å². The van der Waals surface area contributed by atoms with Gasteiger partial charge in [0.1, 0.15) is 5.75 Å². The molecule has 0 radical (unpaired) electrons. The summed E-state index contributed by atoms with van der Waals surface area (Å²) in [6, 6.07) is 7.65. The number of ether oxygens (including phenoxy) is 1. The molecule has 1 saturated heterocycles. The molecule has 0 aliphatic carbocycles. The quantitative estimate of drug-likeness (QED) is 0.835. The van der Waals surface area contributed by atoms with Crippen molar-refractivity contribution in [3.8, 4) is 5.75 Å². The molecule has 2 rings (SSSR count). The second-order valence-electron chi connectivity index (χ2n) is 6.46. The summed E-state index contributed by atoms with van der Waals surface area (Å²) in [4.78, 5) is 27.8. The fourth-order valence-corrected chi connectivity index (χ4v) is 2.55. The van der Waals surface area contributed by atoms with E-state index >= 15 is 0 Å². The average molecular weight is 318 g/mol. The van der Waals surface area contributed by atoms with Crippen molar-refractivity contribution in [3.05, 3.63) is 29.8 Å². The van der Waals surface area contributed by atoms with E-state index in [4.69, 9.17) is 4.74 Å². The highest BCUT2D eigenvalue weighted by molar-refractivity contribution is 5.79. The molecular weight excluding hydrogens is 292 g/mol. The Hall–Kier alpha value is -2.04. The van der Waals surface area contributed by atoms with E-state index < -0.39 is 0 Å². The third-order valence-electron chi connectivity index (χ3n) is 3.95. The third kappa shape index (κ3) is 5.27. The maximum Gasteiger partial charge on any atom is 0.260 e. The Balaban J connectivity index is 1.75. The minimum Gasteiger partial charge on any atom is -0.484 e. The molecule has 1 heterocycles. The zero-order chi connectivity index (χ0) is 16.8. The van der Waals surface area contributed by atoms with Crippen LogP contribution in [-0.2, 0) is 9.59 Å². The first-order valence-electron chi connectivity index (χ1n) is 8.20. The van der Waals surface area contributed by atoms with Crippen LogP contribution in [0.1, 0.15) is 25.8 Å². The van der Waals surface area contributed by atoms with Gasteiger partial charge in [-0.05, 0) is 25.0 Å². The van der Waals surface area contributed by atoms with Gasteiger partial charge in [-0.15, -0.1) is 0 Å². The van der Waals surface area contributed by atoms with Crippen molar-refractivity contribution in [2.75, 3.05) is 32.8 Å². The molecule has 0 saturated carbocycles. The lowest BCUT2D eigenvalue weighted by Gasteiger charge is -2.35. The van der Waals surface area contributed by atoms with E-state index in [0.29, 0.717) is 44.3 Å². The van der Waals surface area contributed by atoms with Gasteiger partial charge < -0.3 is 14.5 Å². The molecule has 0 unspecified atom stereocenters. The largest absolute Gasteiger partial charge is 0.484 e. The SMILES string of the molecule is Cc1ccc(OCC(=O)N2CCN(C(=O)CC(C)C)CC2)cc1. The van der Waals surface area contributed by atoms with Gasteiger partial charge in [0.25, 0.3) is 5.91 Å². The molecule has 5 heteroatoms. The Labute approximate surface area is 138 Å². The van der Waals surface area contributed by atoms with E-state index in [1.165, 1.54) is 0 Å². The fourth-order valence-electron chi connectivity index (χ4n) is 2.55. The second kappa shape index (κ2) is 7.99. The summed E-state index contributed by atoms with van der Waals surface area (Å²) >= 11 is 0. The molecule has 23 heavy (non-hydrogen) atoms. The molecule has 0 atom stereocenters. The monoisotopic (exact) mass is 318 g/mol. The van der Waals surface area contributed by atoms with Gasteiger partial charge in [-0.25, -0.2) is 0 Å². The Morgan fingerprint density at radius 1 is 1.00 bits per heavy atom. The molecule has 0 spiro atoms. The van der Waals surface area contributed by atoms with Gasteiger partial charge in [0, 0.05) is 32.6 Å². The number of amides is 2. The summed E-state index contributed by atoms with van der Waals surface area (Å²) in [5, 5.41) is 0. The van der Waals surface area contributed by atoms with Gasteiger partial charge in [-0.1, -0.05) is 31.5 Å². The highest BCUT2D eigenvalue weighted by atomic mass is 16.5. The maximum atomic E-state index is 12.2. The molecule has 0 bridgehead atoms. The molecule has 1 aromatic rings. The molecule has 1 aromatic carbocycles. The lowest BCUT2D eigenvalue weighted by Crippen LogP contribution is -2.51. The Bertz CT molecular complexity index is 532. The van der Waals surface area contributed by atoms with E-state index in [0.717, 1.165) is 5.56 Å². The van der Waals surface area contributed by atoms with Crippen molar-refractivity contribution >= 4 is 11.8 Å². The Morgan fingerprint density at radius 2 is 1.52 bits per heavy atom. The van der Waals surface area contributed by atoms with E-state index in [-0.39, 0.29) is 18.4 Å². The topological polar surface area (TPSA) is 49.9 Å². The predicted molar refractivity (Wildman–Crippen MR) is 89.3 cm³/mol. The third-order valence-corrected chi connectivity index (χ3v) is 3.95. The number of carbonyl (C=O) groups is 2. The number of hydrogen-bond donors (Lipinski definition) is 0. The molecule has 0 aromatic heterocycles. The van der Waals surface area contributed by atoms with Gasteiger partial charge >= 0.3 is 0 Å².